The van der Waals surface area contributed by atoms with E-state index in [0.717, 1.165) is 67.5 Å². The first-order chi connectivity index (χ1) is 29.1. The van der Waals surface area contributed by atoms with Crippen LogP contribution in [-0.4, -0.2) is 114 Å². The zero-order valence-electron chi connectivity index (χ0n) is 34.0. The summed E-state index contributed by atoms with van der Waals surface area (Å²) < 4.78 is 5.60. The molecular weight excluding hydrogens is 761 g/mol. The van der Waals surface area contributed by atoms with Crippen LogP contribution in [0.5, 0.6) is 11.5 Å². The van der Waals surface area contributed by atoms with E-state index in [1.807, 2.05) is 30.9 Å². The molecule has 2 saturated heterocycles. The highest BCUT2D eigenvalue weighted by atomic mass is 16.5. The van der Waals surface area contributed by atoms with Gasteiger partial charge in [0.15, 0.2) is 5.82 Å². The van der Waals surface area contributed by atoms with Crippen LogP contribution in [0.2, 0.25) is 0 Å². The molecule has 60 heavy (non-hydrogen) atoms. The van der Waals surface area contributed by atoms with Crippen LogP contribution in [0.25, 0.3) is 11.4 Å². The highest BCUT2D eigenvalue weighted by Gasteiger charge is 2.32. The van der Waals surface area contributed by atoms with Crippen LogP contribution in [-0.2, 0) is 44.0 Å². The van der Waals surface area contributed by atoms with Crippen molar-refractivity contribution in [2.45, 2.75) is 59.0 Å². The normalized spacial score (nSPS) is 17.0. The number of ether oxygens (including phenoxy) is 1. The number of rotatable bonds is 9. The number of hydrogen-bond donors (Lipinski definition) is 3. The van der Waals surface area contributed by atoms with E-state index in [0.29, 0.717) is 75.0 Å². The average molecular weight is 811 g/mol. The largest absolute Gasteiger partial charge is 0.508 e. The molecular formula is C45H50N10O5. The molecule has 2 amide bonds. The Kier molecular flexibility index (Phi) is 10.8. The van der Waals surface area contributed by atoms with Crippen molar-refractivity contribution >= 4 is 23.6 Å². The molecule has 4 aliphatic heterocycles. The maximum atomic E-state index is 13.9. The number of anilines is 2. The van der Waals surface area contributed by atoms with E-state index in [4.69, 9.17) is 20.4 Å². The van der Waals surface area contributed by atoms with Gasteiger partial charge in [0.1, 0.15) is 17.3 Å². The van der Waals surface area contributed by atoms with Crippen molar-refractivity contribution in [3.05, 3.63) is 117 Å². The summed E-state index contributed by atoms with van der Waals surface area (Å²) >= 11 is 0. The van der Waals surface area contributed by atoms with E-state index >= 15 is 0 Å². The average Bonchev–Trinajstić information content (AvgIpc) is 3.89. The molecule has 2 fully saturated rings. The van der Waals surface area contributed by atoms with Gasteiger partial charge in [-0.1, -0.05) is 44.2 Å². The fourth-order valence-corrected chi connectivity index (χ4v) is 8.65. The highest BCUT2D eigenvalue weighted by Crippen LogP contribution is 2.36. The monoisotopic (exact) mass is 810 g/mol. The number of hydrogen-bond acceptors (Lipinski definition) is 13. The van der Waals surface area contributed by atoms with Crippen LogP contribution in [0.15, 0.2) is 67.0 Å². The third-order valence-corrected chi connectivity index (χ3v) is 12.0. The van der Waals surface area contributed by atoms with E-state index in [9.17, 15) is 19.8 Å². The van der Waals surface area contributed by atoms with Crippen molar-refractivity contribution in [2.24, 2.45) is 0 Å². The summed E-state index contributed by atoms with van der Waals surface area (Å²) in [5.41, 5.74) is 14.3. The number of phenols is 2. The van der Waals surface area contributed by atoms with Crippen LogP contribution in [0.3, 0.4) is 0 Å². The third kappa shape index (κ3) is 8.07. The molecule has 0 aliphatic carbocycles. The van der Waals surface area contributed by atoms with Crippen molar-refractivity contribution in [2.75, 3.05) is 63.1 Å². The molecule has 4 aliphatic rings. The predicted octanol–water partition coefficient (Wildman–Crippen LogP) is 4.52. The minimum absolute atomic E-state index is 0.0000910. The summed E-state index contributed by atoms with van der Waals surface area (Å²) in [6.45, 7) is 13.7. The molecule has 0 saturated carbocycles. The number of phenolic OH excluding ortho intramolecular Hbond substituents is 2. The van der Waals surface area contributed by atoms with Gasteiger partial charge >= 0.3 is 0 Å². The number of carbonyl (C=O) groups is 2. The van der Waals surface area contributed by atoms with Gasteiger partial charge in [0.25, 0.3) is 11.8 Å². The lowest BCUT2D eigenvalue weighted by Gasteiger charge is -2.34. The summed E-state index contributed by atoms with van der Waals surface area (Å²) in [4.78, 5) is 56.1. The number of aromatic hydroxyl groups is 2. The summed E-state index contributed by atoms with van der Waals surface area (Å²) in [7, 11) is 0. The maximum absolute atomic E-state index is 13.9. The molecule has 15 nitrogen and oxygen atoms in total. The second-order valence-electron chi connectivity index (χ2n) is 16.5. The first-order valence-corrected chi connectivity index (χ1v) is 20.7. The second-order valence-corrected chi connectivity index (χ2v) is 16.5. The summed E-state index contributed by atoms with van der Waals surface area (Å²) in [5, 5.41) is 20.8. The van der Waals surface area contributed by atoms with E-state index in [1.165, 1.54) is 17.2 Å². The molecule has 0 bridgehead atoms. The molecule has 3 aromatic carbocycles. The number of benzene rings is 3. The molecule has 310 valence electrons. The van der Waals surface area contributed by atoms with Gasteiger partial charge < -0.3 is 35.4 Å². The zero-order chi connectivity index (χ0) is 41.5. The number of piperazine rings is 1. The number of carbonyl (C=O) groups excluding carboxylic acids is 2. The third-order valence-electron chi connectivity index (χ3n) is 12.0. The maximum Gasteiger partial charge on any atom is 0.258 e. The van der Waals surface area contributed by atoms with Crippen molar-refractivity contribution in [3.8, 4) is 22.9 Å². The number of aromatic nitrogens is 4. The summed E-state index contributed by atoms with van der Waals surface area (Å²) in [6, 6.07) is 17.4. The van der Waals surface area contributed by atoms with Gasteiger partial charge in [0, 0.05) is 95.0 Å². The number of nitrogens with zero attached hydrogens (tertiary/aromatic N) is 9. The first kappa shape index (κ1) is 39.3. The molecule has 0 spiro atoms. The van der Waals surface area contributed by atoms with Crippen molar-refractivity contribution < 1.29 is 24.5 Å². The Morgan fingerprint density at radius 2 is 1.38 bits per heavy atom. The minimum atomic E-state index is -0.239. The number of nitrogens with two attached hydrogens (primary N) is 1. The van der Waals surface area contributed by atoms with Crippen LogP contribution >= 0.6 is 0 Å². The molecule has 0 atom stereocenters. The van der Waals surface area contributed by atoms with Gasteiger partial charge in [-0.2, -0.15) is 0 Å². The predicted molar refractivity (Wildman–Crippen MR) is 225 cm³/mol. The van der Waals surface area contributed by atoms with Crippen molar-refractivity contribution in [1.29, 1.82) is 0 Å². The van der Waals surface area contributed by atoms with E-state index in [2.05, 4.69) is 55.0 Å². The summed E-state index contributed by atoms with van der Waals surface area (Å²) in [6.07, 6.45) is 3.25. The van der Waals surface area contributed by atoms with Gasteiger partial charge in [-0.25, -0.2) is 19.9 Å². The molecule has 6 heterocycles. The molecule has 15 heteroatoms. The lowest BCUT2D eigenvalue weighted by Crippen LogP contribution is -2.45. The number of nitrogen functional groups attached to an aromatic ring is 1. The molecule has 9 rings (SSSR count). The lowest BCUT2D eigenvalue weighted by molar-refractivity contribution is 0.0742. The Morgan fingerprint density at radius 1 is 0.733 bits per heavy atom. The topological polar surface area (TPSA) is 178 Å². The van der Waals surface area contributed by atoms with Gasteiger partial charge in [0.05, 0.1) is 43.1 Å². The van der Waals surface area contributed by atoms with E-state index in [1.54, 1.807) is 23.4 Å². The van der Waals surface area contributed by atoms with Crippen LogP contribution < -0.4 is 10.6 Å². The molecule has 0 radical (unpaired) electrons. The Labute approximate surface area is 349 Å². The van der Waals surface area contributed by atoms with Gasteiger partial charge in [0.2, 0.25) is 5.95 Å². The van der Waals surface area contributed by atoms with Crippen molar-refractivity contribution in [3.63, 3.8) is 0 Å². The standard InChI is InChI=1S/C45H50N10O5/c1-28(2)35-18-36(40(57)19-39(35)56)44(59)54-24-32-8-5-30(17-33(32)25-54)23-52-11-9-51(10-12-52)22-29-3-6-31(7-4-29)43(58)55-26-37-38(27-55)49-41(34-20-47-45(46)48-21-34)50-42(37)53-13-15-60-16-14-53/h3-8,17-21,28,56-57H,9-16,22-27H2,1-2H3,(H2,46,47,48). The molecule has 0 unspecified atom stereocenters. The SMILES string of the molecule is CC(C)c1cc(C(=O)N2Cc3ccc(CN4CCN(Cc5ccc(C(=O)N6Cc7nc(-c8cnc(N)nc8)nc(N8CCOCC8)c7C6)cc5)CC4)cc3C2)c(O)cc1O. The van der Waals surface area contributed by atoms with Gasteiger partial charge in [-0.15, -0.1) is 0 Å². The quantitative estimate of drug-likeness (QED) is 0.190. The lowest BCUT2D eigenvalue weighted by atomic mass is 9.98. The van der Waals surface area contributed by atoms with Gasteiger partial charge in [-0.05, 0) is 51.9 Å². The molecule has 2 aromatic heterocycles. The second kappa shape index (κ2) is 16.5. The first-order valence-electron chi connectivity index (χ1n) is 20.7. The zero-order valence-corrected chi connectivity index (χ0v) is 34.0. The van der Waals surface area contributed by atoms with Crippen LogP contribution in [0.4, 0.5) is 11.8 Å². The molecule has 4 N–H and O–H groups in total. The minimum Gasteiger partial charge on any atom is -0.508 e. The summed E-state index contributed by atoms with van der Waals surface area (Å²) in [5.74, 6) is 1.05. The highest BCUT2D eigenvalue weighted by molar-refractivity contribution is 5.98. The number of morpholine rings is 1. The fourth-order valence-electron chi connectivity index (χ4n) is 8.65. The molecule has 5 aromatic rings. The van der Waals surface area contributed by atoms with E-state index < -0.39 is 0 Å². The Morgan fingerprint density at radius 3 is 2.08 bits per heavy atom. The van der Waals surface area contributed by atoms with Crippen LogP contribution in [0.1, 0.15) is 79.6 Å². The fraction of sp³-hybridized carbons (Fsp3) is 0.378. The Balaban J connectivity index is 0.781. The van der Waals surface area contributed by atoms with Crippen molar-refractivity contribution in [1.82, 2.24) is 39.5 Å². The van der Waals surface area contributed by atoms with Crippen LogP contribution in [0, 0.1) is 0 Å². The number of amides is 2. The smallest absolute Gasteiger partial charge is 0.258 e. The van der Waals surface area contributed by atoms with E-state index in [-0.39, 0.29) is 40.7 Å². The number of fused-ring (bicyclic) bond motifs is 2. The van der Waals surface area contributed by atoms with Gasteiger partial charge in [-0.3, -0.25) is 19.4 Å². The Bertz CT molecular complexity index is 2410. The Hall–Kier alpha value is -6.16.